The lowest BCUT2D eigenvalue weighted by molar-refractivity contribution is 0.0921. The van der Waals surface area contributed by atoms with E-state index in [9.17, 15) is 4.79 Å². The smallest absolute Gasteiger partial charge is 0.289 e. The number of hydrogen-bond donors (Lipinski definition) is 2. The van der Waals surface area contributed by atoms with Gasteiger partial charge in [0, 0.05) is 69.9 Å². The molecule has 0 radical (unpaired) electrons. The maximum Gasteiger partial charge on any atom is 0.289 e. The average Bonchev–Trinajstić information content (AvgIpc) is 3.56. The van der Waals surface area contributed by atoms with Crippen LogP contribution in [0.4, 0.5) is 11.8 Å². The van der Waals surface area contributed by atoms with Crippen LogP contribution >= 0.6 is 0 Å². The predicted octanol–water partition coefficient (Wildman–Crippen LogP) is 1.19. The summed E-state index contributed by atoms with van der Waals surface area (Å²) in [5, 5.41) is 15.9. The molecule has 2 N–H and O–H groups in total. The zero-order valence-corrected chi connectivity index (χ0v) is 22.4. The summed E-state index contributed by atoms with van der Waals surface area (Å²) in [6.45, 7) is 6.11. The SMILES string of the molecule is COc1ccc2c(N(C)Cc3nnc4n3CCNC4=O)nc(N[C@@H]3CCC[C@H]3N3CCN(C)CC3)nc2c1. The highest BCUT2D eigenvalue weighted by molar-refractivity contribution is 5.92. The Morgan fingerprint density at radius 3 is 2.79 bits per heavy atom. The molecule has 12 nitrogen and oxygen atoms in total. The first-order valence-electron chi connectivity index (χ1n) is 13.5. The lowest BCUT2D eigenvalue weighted by atomic mass is 10.1. The van der Waals surface area contributed by atoms with Crippen LogP contribution in [-0.2, 0) is 13.1 Å². The van der Waals surface area contributed by atoms with Crippen molar-refractivity contribution >= 4 is 28.6 Å². The van der Waals surface area contributed by atoms with E-state index in [-0.39, 0.29) is 5.91 Å². The first-order chi connectivity index (χ1) is 18.5. The maximum absolute atomic E-state index is 12.2. The van der Waals surface area contributed by atoms with Crippen molar-refractivity contribution in [1.29, 1.82) is 0 Å². The van der Waals surface area contributed by atoms with Crippen LogP contribution in [0.1, 0.15) is 35.7 Å². The fourth-order valence-electron chi connectivity index (χ4n) is 5.94. The summed E-state index contributed by atoms with van der Waals surface area (Å²) in [6, 6.07) is 6.68. The third-order valence-electron chi connectivity index (χ3n) is 8.08. The van der Waals surface area contributed by atoms with Crippen LogP contribution < -0.4 is 20.3 Å². The molecule has 0 spiro atoms. The summed E-state index contributed by atoms with van der Waals surface area (Å²) in [7, 11) is 5.85. The van der Waals surface area contributed by atoms with Crippen LogP contribution in [0.5, 0.6) is 5.75 Å². The second kappa shape index (κ2) is 10.3. The largest absolute Gasteiger partial charge is 0.497 e. The van der Waals surface area contributed by atoms with E-state index in [1.165, 1.54) is 12.8 Å². The Balaban J connectivity index is 1.29. The maximum atomic E-state index is 12.2. The van der Waals surface area contributed by atoms with Gasteiger partial charge < -0.3 is 29.7 Å². The molecule has 4 heterocycles. The molecule has 202 valence electrons. The quantitative estimate of drug-likeness (QED) is 0.471. The highest BCUT2D eigenvalue weighted by atomic mass is 16.5. The predicted molar refractivity (Wildman–Crippen MR) is 145 cm³/mol. The molecule has 38 heavy (non-hydrogen) atoms. The zero-order valence-electron chi connectivity index (χ0n) is 22.4. The Bertz CT molecular complexity index is 1320. The van der Waals surface area contributed by atoms with Gasteiger partial charge in [0.05, 0.1) is 19.2 Å². The highest BCUT2D eigenvalue weighted by Crippen LogP contribution is 2.31. The number of hydrogen-bond acceptors (Lipinski definition) is 10. The fourth-order valence-corrected chi connectivity index (χ4v) is 5.94. The summed E-state index contributed by atoms with van der Waals surface area (Å²) in [5.41, 5.74) is 0.820. The van der Waals surface area contributed by atoms with Gasteiger partial charge >= 0.3 is 0 Å². The van der Waals surface area contributed by atoms with E-state index in [2.05, 4.69) is 42.6 Å². The van der Waals surface area contributed by atoms with E-state index >= 15 is 0 Å². The van der Waals surface area contributed by atoms with Gasteiger partial charge in [0.15, 0.2) is 5.82 Å². The van der Waals surface area contributed by atoms with Gasteiger partial charge in [-0.15, -0.1) is 10.2 Å². The average molecular weight is 521 g/mol. The van der Waals surface area contributed by atoms with Crippen molar-refractivity contribution in [3.05, 3.63) is 29.8 Å². The van der Waals surface area contributed by atoms with E-state index in [1.54, 1.807) is 7.11 Å². The van der Waals surface area contributed by atoms with Crippen molar-refractivity contribution < 1.29 is 9.53 Å². The Morgan fingerprint density at radius 1 is 1.13 bits per heavy atom. The monoisotopic (exact) mass is 520 g/mol. The Hall–Kier alpha value is -3.51. The number of carbonyl (C=O) groups is 1. The number of rotatable bonds is 7. The third-order valence-corrected chi connectivity index (χ3v) is 8.08. The highest BCUT2D eigenvalue weighted by Gasteiger charge is 2.34. The second-order valence-corrected chi connectivity index (χ2v) is 10.5. The van der Waals surface area contributed by atoms with Crippen molar-refractivity contribution in [3.8, 4) is 5.75 Å². The van der Waals surface area contributed by atoms with Gasteiger partial charge in [0.2, 0.25) is 11.8 Å². The lowest BCUT2D eigenvalue weighted by Gasteiger charge is -2.39. The number of piperazine rings is 1. The topological polar surface area (TPSA) is 117 Å². The molecule has 2 aromatic heterocycles. The molecule has 0 bridgehead atoms. The Kier molecular flexibility index (Phi) is 6.75. The standard InChI is InChI=1S/C26H36N10O2/c1-33-11-13-35(14-12-33)21-6-4-5-19(21)28-26-29-20-15-17(38-3)7-8-18(20)23(30-26)34(2)16-22-31-32-24-25(37)27-9-10-36(22)24/h7-8,15,19,21H,4-6,9-14,16H2,1-3H3,(H,27,37)(H,28,29,30)/t19-,21-/m1/s1. The minimum absolute atomic E-state index is 0.185. The van der Waals surface area contributed by atoms with Gasteiger partial charge in [-0.25, -0.2) is 4.98 Å². The number of benzene rings is 1. The molecule has 1 aliphatic carbocycles. The molecule has 3 aromatic rings. The Labute approximate surface area is 222 Å². The number of likely N-dealkylation sites (N-methyl/N-ethyl adjacent to an activating group) is 1. The molecule has 2 fully saturated rings. The number of nitrogens with zero attached hydrogens (tertiary/aromatic N) is 8. The van der Waals surface area contributed by atoms with Crippen molar-refractivity contribution in [1.82, 2.24) is 39.8 Å². The molecule has 12 heteroatoms. The van der Waals surface area contributed by atoms with Gasteiger partial charge in [0.25, 0.3) is 5.91 Å². The van der Waals surface area contributed by atoms with Gasteiger partial charge in [-0.2, -0.15) is 4.98 Å². The fraction of sp³-hybridized carbons (Fsp3) is 0.577. The van der Waals surface area contributed by atoms with E-state index in [1.807, 2.05) is 29.8 Å². The lowest BCUT2D eigenvalue weighted by Crippen LogP contribution is -2.52. The summed E-state index contributed by atoms with van der Waals surface area (Å²) in [6.07, 6.45) is 3.51. The summed E-state index contributed by atoms with van der Waals surface area (Å²) < 4.78 is 7.38. The number of anilines is 2. The van der Waals surface area contributed by atoms with E-state index < -0.39 is 0 Å². The van der Waals surface area contributed by atoms with Crippen LogP contribution in [0.15, 0.2) is 18.2 Å². The minimum atomic E-state index is -0.185. The van der Waals surface area contributed by atoms with E-state index in [0.717, 1.165) is 60.9 Å². The molecular weight excluding hydrogens is 484 g/mol. The number of aromatic nitrogens is 5. The molecule has 0 unspecified atom stereocenters. The molecule has 3 aliphatic rings. The normalized spacial score (nSPS) is 22.3. The molecule has 1 saturated carbocycles. The number of ether oxygens (including phenoxy) is 1. The number of amides is 1. The number of carbonyl (C=O) groups excluding carboxylic acids is 1. The van der Waals surface area contributed by atoms with Gasteiger partial charge in [-0.3, -0.25) is 9.69 Å². The van der Waals surface area contributed by atoms with Crippen LogP contribution in [0.2, 0.25) is 0 Å². The van der Waals surface area contributed by atoms with Crippen LogP contribution in [0.3, 0.4) is 0 Å². The minimum Gasteiger partial charge on any atom is -0.497 e. The van der Waals surface area contributed by atoms with Gasteiger partial charge in [0.1, 0.15) is 11.6 Å². The van der Waals surface area contributed by atoms with Crippen LogP contribution in [0.25, 0.3) is 10.9 Å². The van der Waals surface area contributed by atoms with Crippen LogP contribution in [0, 0.1) is 0 Å². The summed E-state index contributed by atoms with van der Waals surface area (Å²) >= 11 is 0. The van der Waals surface area contributed by atoms with Crippen molar-refractivity contribution in [2.45, 2.75) is 44.4 Å². The molecule has 2 atom stereocenters. The van der Waals surface area contributed by atoms with Gasteiger partial charge in [-0.05, 0) is 38.4 Å². The van der Waals surface area contributed by atoms with E-state index in [4.69, 9.17) is 14.7 Å². The molecular formula is C26H36N10O2. The number of nitrogens with one attached hydrogen (secondary N) is 2. The van der Waals surface area contributed by atoms with Crippen molar-refractivity contribution in [2.24, 2.45) is 0 Å². The number of methoxy groups -OCH3 is 1. The molecule has 1 saturated heterocycles. The van der Waals surface area contributed by atoms with Crippen molar-refractivity contribution in [3.63, 3.8) is 0 Å². The number of fused-ring (bicyclic) bond motifs is 2. The molecule has 6 rings (SSSR count). The molecule has 1 aromatic carbocycles. The summed E-state index contributed by atoms with van der Waals surface area (Å²) in [4.78, 5) is 29.2. The third kappa shape index (κ3) is 4.73. The van der Waals surface area contributed by atoms with E-state index in [0.29, 0.717) is 43.5 Å². The molecule has 1 amide bonds. The summed E-state index contributed by atoms with van der Waals surface area (Å²) in [5.74, 6) is 3.08. The second-order valence-electron chi connectivity index (χ2n) is 10.5. The van der Waals surface area contributed by atoms with Crippen molar-refractivity contribution in [2.75, 3.05) is 64.1 Å². The first kappa shape index (κ1) is 24.8. The first-order valence-corrected chi connectivity index (χ1v) is 13.5. The van der Waals surface area contributed by atoms with Gasteiger partial charge in [-0.1, -0.05) is 0 Å². The van der Waals surface area contributed by atoms with Crippen LogP contribution in [-0.4, -0.2) is 106 Å². The molecule has 2 aliphatic heterocycles. The zero-order chi connectivity index (χ0) is 26.2. The Morgan fingerprint density at radius 2 is 1.97 bits per heavy atom.